The summed E-state index contributed by atoms with van der Waals surface area (Å²) in [6, 6.07) is 4.67. The maximum absolute atomic E-state index is 5.30. The fraction of sp³-hybridized carbons (Fsp3) is 0.667. The van der Waals surface area contributed by atoms with Crippen molar-refractivity contribution in [3.63, 3.8) is 0 Å². The van der Waals surface area contributed by atoms with Crippen molar-refractivity contribution < 1.29 is 4.42 Å². The zero-order valence-electron chi connectivity index (χ0n) is 9.24. The van der Waals surface area contributed by atoms with Gasteiger partial charge in [0, 0.05) is 11.3 Å². The van der Waals surface area contributed by atoms with Crippen LogP contribution < -0.4 is 5.32 Å². The lowest BCUT2D eigenvalue weighted by Gasteiger charge is -2.11. The van der Waals surface area contributed by atoms with Gasteiger partial charge in [0.25, 0.3) is 0 Å². The molecular formula is C12H19NOS. The van der Waals surface area contributed by atoms with Gasteiger partial charge in [-0.1, -0.05) is 6.92 Å². The second kappa shape index (κ2) is 5.61. The molecule has 0 amide bonds. The lowest BCUT2D eigenvalue weighted by Crippen LogP contribution is -2.25. The summed E-state index contributed by atoms with van der Waals surface area (Å²) in [4.78, 5) is 0. The number of hydrogen-bond acceptors (Lipinski definition) is 3. The van der Waals surface area contributed by atoms with Crippen LogP contribution >= 0.6 is 11.8 Å². The van der Waals surface area contributed by atoms with E-state index in [0.717, 1.165) is 17.6 Å². The number of nitrogens with one attached hydrogen (secondary N) is 1. The Hall–Kier alpha value is -0.410. The van der Waals surface area contributed by atoms with Crippen LogP contribution in [0.5, 0.6) is 0 Å². The summed E-state index contributed by atoms with van der Waals surface area (Å²) in [6.45, 7) is 3.12. The van der Waals surface area contributed by atoms with E-state index in [1.165, 1.54) is 25.0 Å². The average Bonchev–Trinajstić information content (AvgIpc) is 2.85. The molecule has 0 aliphatic heterocycles. The van der Waals surface area contributed by atoms with E-state index in [4.69, 9.17) is 4.42 Å². The van der Waals surface area contributed by atoms with Crippen LogP contribution in [0.15, 0.2) is 22.8 Å². The molecule has 3 heteroatoms. The molecule has 0 bridgehead atoms. The summed E-state index contributed by atoms with van der Waals surface area (Å²) in [5.74, 6) is 2.29. The Morgan fingerprint density at radius 2 is 2.47 bits per heavy atom. The predicted molar refractivity (Wildman–Crippen MR) is 65.1 cm³/mol. The van der Waals surface area contributed by atoms with Gasteiger partial charge in [-0.3, -0.25) is 0 Å². The lowest BCUT2D eigenvalue weighted by molar-refractivity contribution is 0.446. The Bertz CT molecular complexity index is 273. The van der Waals surface area contributed by atoms with E-state index in [0.29, 0.717) is 6.04 Å². The first-order valence-electron chi connectivity index (χ1n) is 5.76. The normalized spacial score (nSPS) is 25.9. The molecular weight excluding hydrogens is 206 g/mol. The van der Waals surface area contributed by atoms with Crippen molar-refractivity contribution in [1.29, 1.82) is 0 Å². The maximum Gasteiger partial charge on any atom is 0.117 e. The smallest absolute Gasteiger partial charge is 0.117 e. The minimum absolute atomic E-state index is 0.694. The van der Waals surface area contributed by atoms with Crippen LogP contribution in [0.4, 0.5) is 0 Å². The van der Waals surface area contributed by atoms with Crippen LogP contribution in [0.3, 0.4) is 0 Å². The van der Waals surface area contributed by atoms with Gasteiger partial charge in [0.05, 0.1) is 12.8 Å². The van der Waals surface area contributed by atoms with Crippen LogP contribution in [-0.4, -0.2) is 17.0 Å². The quantitative estimate of drug-likeness (QED) is 0.834. The SMILES string of the molecule is CCSC1CCC(NCc2ccco2)C1. The molecule has 1 fully saturated rings. The molecule has 2 unspecified atom stereocenters. The van der Waals surface area contributed by atoms with Crippen molar-refractivity contribution >= 4 is 11.8 Å². The zero-order chi connectivity index (χ0) is 10.5. The third kappa shape index (κ3) is 3.28. The fourth-order valence-electron chi connectivity index (χ4n) is 2.17. The van der Waals surface area contributed by atoms with Crippen LogP contribution in [0, 0.1) is 0 Å². The largest absolute Gasteiger partial charge is 0.468 e. The summed E-state index contributed by atoms with van der Waals surface area (Å²) >= 11 is 2.10. The first-order valence-corrected chi connectivity index (χ1v) is 6.80. The van der Waals surface area contributed by atoms with Gasteiger partial charge in [-0.05, 0) is 37.1 Å². The Morgan fingerprint density at radius 1 is 1.53 bits per heavy atom. The van der Waals surface area contributed by atoms with Gasteiger partial charge in [0.1, 0.15) is 5.76 Å². The van der Waals surface area contributed by atoms with E-state index in [9.17, 15) is 0 Å². The molecule has 2 atom stereocenters. The summed E-state index contributed by atoms with van der Waals surface area (Å²) in [5, 5.41) is 4.44. The maximum atomic E-state index is 5.30. The Kier molecular flexibility index (Phi) is 4.15. The highest BCUT2D eigenvalue weighted by Crippen LogP contribution is 2.29. The van der Waals surface area contributed by atoms with Crippen LogP contribution in [0.2, 0.25) is 0 Å². The Balaban J connectivity index is 1.69. The second-order valence-electron chi connectivity index (χ2n) is 4.05. The van der Waals surface area contributed by atoms with Crippen molar-refractivity contribution in [2.24, 2.45) is 0 Å². The van der Waals surface area contributed by atoms with E-state index < -0.39 is 0 Å². The van der Waals surface area contributed by atoms with E-state index in [-0.39, 0.29) is 0 Å². The fourth-order valence-corrected chi connectivity index (χ4v) is 3.31. The minimum atomic E-state index is 0.694. The molecule has 0 aromatic carbocycles. The number of thioether (sulfide) groups is 1. The molecule has 1 heterocycles. The van der Waals surface area contributed by atoms with Gasteiger partial charge >= 0.3 is 0 Å². The highest BCUT2D eigenvalue weighted by molar-refractivity contribution is 7.99. The van der Waals surface area contributed by atoms with Crippen molar-refractivity contribution in [2.45, 2.75) is 44.0 Å². The van der Waals surface area contributed by atoms with Gasteiger partial charge < -0.3 is 9.73 Å². The first-order chi connectivity index (χ1) is 7.38. The third-order valence-corrected chi connectivity index (χ3v) is 4.16. The van der Waals surface area contributed by atoms with Gasteiger partial charge in [-0.2, -0.15) is 11.8 Å². The third-order valence-electron chi connectivity index (χ3n) is 2.93. The molecule has 2 rings (SSSR count). The van der Waals surface area contributed by atoms with Gasteiger partial charge in [0.15, 0.2) is 0 Å². The molecule has 1 aliphatic rings. The number of hydrogen-bond donors (Lipinski definition) is 1. The molecule has 0 saturated heterocycles. The van der Waals surface area contributed by atoms with Crippen molar-refractivity contribution in [1.82, 2.24) is 5.32 Å². The topological polar surface area (TPSA) is 25.2 Å². The van der Waals surface area contributed by atoms with Crippen molar-refractivity contribution in [3.8, 4) is 0 Å². The minimum Gasteiger partial charge on any atom is -0.468 e. The van der Waals surface area contributed by atoms with E-state index >= 15 is 0 Å². The van der Waals surface area contributed by atoms with E-state index in [1.54, 1.807) is 6.26 Å². The van der Waals surface area contributed by atoms with Gasteiger partial charge in [-0.15, -0.1) is 0 Å². The average molecular weight is 225 g/mol. The van der Waals surface area contributed by atoms with Crippen LogP contribution in [0.1, 0.15) is 31.9 Å². The molecule has 1 saturated carbocycles. The molecule has 1 aromatic heterocycles. The molecule has 1 N–H and O–H groups in total. The summed E-state index contributed by atoms with van der Waals surface area (Å²) in [5.41, 5.74) is 0. The molecule has 1 aliphatic carbocycles. The second-order valence-corrected chi connectivity index (χ2v) is 5.62. The first kappa shape index (κ1) is 11.1. The van der Waals surface area contributed by atoms with Crippen molar-refractivity contribution in [3.05, 3.63) is 24.2 Å². The number of furan rings is 1. The summed E-state index contributed by atoms with van der Waals surface area (Å²) < 4.78 is 5.30. The van der Waals surface area contributed by atoms with Crippen LogP contribution in [0.25, 0.3) is 0 Å². The highest BCUT2D eigenvalue weighted by atomic mass is 32.2. The van der Waals surface area contributed by atoms with Gasteiger partial charge in [-0.25, -0.2) is 0 Å². The lowest BCUT2D eigenvalue weighted by atomic mass is 10.2. The van der Waals surface area contributed by atoms with Crippen molar-refractivity contribution in [2.75, 3.05) is 5.75 Å². The molecule has 0 spiro atoms. The monoisotopic (exact) mass is 225 g/mol. The molecule has 2 nitrogen and oxygen atoms in total. The van der Waals surface area contributed by atoms with Crippen LogP contribution in [-0.2, 0) is 6.54 Å². The number of rotatable bonds is 5. The van der Waals surface area contributed by atoms with E-state index in [1.807, 2.05) is 12.1 Å². The zero-order valence-corrected chi connectivity index (χ0v) is 10.1. The molecule has 84 valence electrons. The van der Waals surface area contributed by atoms with E-state index in [2.05, 4.69) is 24.0 Å². The summed E-state index contributed by atoms with van der Waals surface area (Å²) in [6.07, 6.45) is 5.74. The molecule has 15 heavy (non-hydrogen) atoms. The Labute approximate surface area is 95.8 Å². The summed E-state index contributed by atoms with van der Waals surface area (Å²) in [7, 11) is 0. The molecule has 0 radical (unpaired) electrons. The predicted octanol–water partition coefficient (Wildman–Crippen LogP) is 3.04. The molecule has 1 aromatic rings. The highest BCUT2D eigenvalue weighted by Gasteiger charge is 2.23. The van der Waals surface area contributed by atoms with Gasteiger partial charge in [0.2, 0.25) is 0 Å². The Morgan fingerprint density at radius 3 is 3.20 bits per heavy atom. The standard InChI is InChI=1S/C12H19NOS/c1-2-15-12-6-5-10(8-12)13-9-11-4-3-7-14-11/h3-4,7,10,12-13H,2,5-6,8-9H2,1H3.